The molecule has 0 aliphatic carbocycles. The molecule has 2 N–H and O–H groups in total. The number of carbonyl (C=O) groups is 1. The van der Waals surface area contributed by atoms with Crippen molar-refractivity contribution < 1.29 is 16.4 Å². The number of nitrogens with zero attached hydrogens (tertiary/aromatic N) is 5. The largest absolute Gasteiger partial charge is 0.494 e. The van der Waals surface area contributed by atoms with E-state index in [2.05, 4.69) is 20.6 Å². The maximum absolute atomic E-state index is 12.5. The summed E-state index contributed by atoms with van der Waals surface area (Å²) >= 11 is 0. The number of aromatic nitrogens is 3. The summed E-state index contributed by atoms with van der Waals surface area (Å²) < 4.78 is 45.4. The Hall–Kier alpha value is -4.37. The van der Waals surface area contributed by atoms with E-state index in [1.165, 1.54) is 11.7 Å². The second-order valence-corrected chi connectivity index (χ2v) is 8.75. The van der Waals surface area contributed by atoms with Crippen LogP contribution in [0.4, 0.5) is 23.0 Å². The Bertz CT molecular complexity index is 1610. The summed E-state index contributed by atoms with van der Waals surface area (Å²) in [6.07, 6.45) is 4.01. The molecule has 0 unspecified atom stereocenters. The first-order valence-electron chi connectivity index (χ1n) is 14.1. The van der Waals surface area contributed by atoms with Crippen LogP contribution in [0.3, 0.4) is 0 Å². The van der Waals surface area contributed by atoms with Crippen LogP contribution >= 0.6 is 0 Å². The fraction of sp³-hybridized carbons (Fsp3) is 0.250. The van der Waals surface area contributed by atoms with Crippen LogP contribution in [0.2, 0.25) is 0 Å². The van der Waals surface area contributed by atoms with Crippen molar-refractivity contribution in [1.29, 1.82) is 0 Å². The SMILES string of the molecule is [2H]C([2H])=CC(=O)Nc1cc(Nc2nccc(-c3cn(C([2H])([2H])[2H])c4ccccc34)n2)c(OC)cc1N(C)CCN(C)C. The molecule has 0 saturated heterocycles. The predicted octanol–water partition coefficient (Wildman–Crippen LogP) is 4.51. The number of rotatable bonds is 10. The smallest absolute Gasteiger partial charge is 0.247 e. The number of hydrogen-bond acceptors (Lipinski definition) is 7. The van der Waals surface area contributed by atoms with Crippen molar-refractivity contribution in [3.05, 3.63) is 67.5 Å². The number of benzene rings is 2. The lowest BCUT2D eigenvalue weighted by Gasteiger charge is -2.26. The summed E-state index contributed by atoms with van der Waals surface area (Å²) in [5.74, 6) is 0.0733. The van der Waals surface area contributed by atoms with Crippen LogP contribution < -0.4 is 20.3 Å². The quantitative estimate of drug-likeness (QED) is 0.307. The van der Waals surface area contributed by atoms with E-state index in [9.17, 15) is 4.79 Å². The molecule has 37 heavy (non-hydrogen) atoms. The van der Waals surface area contributed by atoms with E-state index < -0.39 is 19.4 Å². The van der Waals surface area contributed by atoms with Gasteiger partial charge in [-0.05, 0) is 38.4 Å². The van der Waals surface area contributed by atoms with Crippen molar-refractivity contribution in [2.75, 3.05) is 56.9 Å². The van der Waals surface area contributed by atoms with Gasteiger partial charge in [-0.1, -0.05) is 24.7 Å². The van der Waals surface area contributed by atoms with Crippen LogP contribution in [0.5, 0.6) is 5.75 Å². The van der Waals surface area contributed by atoms with Crippen LogP contribution in [0.25, 0.3) is 22.2 Å². The van der Waals surface area contributed by atoms with E-state index in [0.29, 0.717) is 46.1 Å². The summed E-state index contributed by atoms with van der Waals surface area (Å²) in [6, 6.07) is 12.4. The molecule has 192 valence electrons. The topological polar surface area (TPSA) is 87.5 Å². The van der Waals surface area contributed by atoms with Gasteiger partial charge in [-0.3, -0.25) is 4.79 Å². The highest BCUT2D eigenvalue weighted by Crippen LogP contribution is 2.38. The molecule has 0 aliphatic heterocycles. The molecule has 4 aromatic rings. The fourth-order valence-electron chi connectivity index (χ4n) is 3.96. The monoisotopic (exact) mass is 504 g/mol. The Morgan fingerprint density at radius 1 is 1.22 bits per heavy atom. The summed E-state index contributed by atoms with van der Waals surface area (Å²) in [4.78, 5) is 25.5. The number of anilines is 4. The molecule has 0 fully saturated rings. The molecule has 2 aromatic carbocycles. The van der Waals surface area contributed by atoms with Gasteiger partial charge in [0.1, 0.15) is 5.75 Å². The van der Waals surface area contributed by atoms with Gasteiger partial charge in [0.05, 0.1) is 32.6 Å². The van der Waals surface area contributed by atoms with Gasteiger partial charge in [-0.15, -0.1) is 0 Å². The lowest BCUT2D eigenvalue weighted by atomic mass is 10.1. The molecule has 2 aromatic heterocycles. The van der Waals surface area contributed by atoms with Crippen LogP contribution in [0.15, 0.2) is 67.5 Å². The molecule has 2 heterocycles. The molecule has 0 saturated carbocycles. The Balaban J connectivity index is 1.74. The average Bonchev–Trinajstić information content (AvgIpc) is 3.32. The van der Waals surface area contributed by atoms with E-state index >= 15 is 0 Å². The Kier molecular flexibility index (Phi) is 5.95. The number of methoxy groups -OCH3 is 1. The summed E-state index contributed by atoms with van der Waals surface area (Å²) in [5, 5.41) is 6.65. The highest BCUT2D eigenvalue weighted by atomic mass is 16.5. The number of amides is 1. The minimum Gasteiger partial charge on any atom is -0.494 e. The molecule has 1 amide bonds. The number of fused-ring (bicyclic) bond motifs is 1. The van der Waals surface area contributed by atoms with Gasteiger partial charge >= 0.3 is 0 Å². The molecule has 0 aliphatic rings. The van der Waals surface area contributed by atoms with Gasteiger partial charge in [0, 0.05) is 66.2 Å². The van der Waals surface area contributed by atoms with Gasteiger partial charge in [-0.2, -0.15) is 0 Å². The van der Waals surface area contributed by atoms with Gasteiger partial charge < -0.3 is 29.7 Å². The van der Waals surface area contributed by atoms with Crippen LogP contribution in [0, 0.1) is 0 Å². The molecule has 0 spiro atoms. The van der Waals surface area contributed by atoms with Gasteiger partial charge in [0.2, 0.25) is 11.9 Å². The minimum atomic E-state index is -2.36. The highest BCUT2D eigenvalue weighted by molar-refractivity contribution is 6.02. The van der Waals surface area contributed by atoms with Crippen molar-refractivity contribution in [3.63, 3.8) is 0 Å². The maximum atomic E-state index is 12.5. The first-order chi connectivity index (χ1) is 19.9. The zero-order valence-electron chi connectivity index (χ0n) is 26.2. The Labute approximate surface area is 224 Å². The summed E-state index contributed by atoms with van der Waals surface area (Å²) in [7, 11) is 7.35. The van der Waals surface area contributed by atoms with Gasteiger partial charge in [0.25, 0.3) is 0 Å². The first kappa shape index (κ1) is 19.8. The molecule has 9 nitrogen and oxygen atoms in total. The number of likely N-dealkylation sites (N-methyl/N-ethyl adjacent to an activating group) is 2. The number of hydrogen-bond donors (Lipinski definition) is 2. The second-order valence-electron chi connectivity index (χ2n) is 8.75. The van der Waals surface area contributed by atoms with E-state index in [4.69, 9.17) is 11.6 Å². The molecular weight excluding hydrogens is 466 g/mol. The highest BCUT2D eigenvalue weighted by Gasteiger charge is 2.17. The second kappa shape index (κ2) is 11.1. The Morgan fingerprint density at radius 3 is 2.81 bits per heavy atom. The molecule has 9 heteroatoms. The van der Waals surface area contributed by atoms with Crippen LogP contribution in [-0.2, 0) is 11.8 Å². The first-order valence-corrected chi connectivity index (χ1v) is 11.6. The predicted molar refractivity (Wildman–Crippen MR) is 151 cm³/mol. The maximum Gasteiger partial charge on any atom is 0.247 e. The third-order valence-electron chi connectivity index (χ3n) is 5.89. The van der Waals surface area contributed by atoms with Crippen molar-refractivity contribution in [3.8, 4) is 17.0 Å². The van der Waals surface area contributed by atoms with E-state index in [1.807, 2.05) is 43.1 Å². The number of para-hydroxylation sites is 1. The van der Waals surface area contributed by atoms with Crippen molar-refractivity contribution in [2.45, 2.75) is 0 Å². The molecular formula is C28H33N7O2. The van der Waals surface area contributed by atoms with Crippen molar-refractivity contribution >= 4 is 39.8 Å². The normalized spacial score (nSPS) is 13.2. The zero-order valence-corrected chi connectivity index (χ0v) is 21.2. The Morgan fingerprint density at radius 2 is 2.05 bits per heavy atom. The van der Waals surface area contributed by atoms with E-state index in [0.717, 1.165) is 18.0 Å². The average molecular weight is 505 g/mol. The lowest BCUT2D eigenvalue weighted by Crippen LogP contribution is -2.29. The number of aryl methyl sites for hydroxylation is 1. The molecule has 0 bridgehead atoms. The zero-order chi connectivity index (χ0) is 30.6. The third-order valence-corrected chi connectivity index (χ3v) is 5.89. The summed E-state index contributed by atoms with van der Waals surface area (Å²) in [6.45, 7) is -1.57. The van der Waals surface area contributed by atoms with Crippen LogP contribution in [0.1, 0.15) is 6.85 Å². The summed E-state index contributed by atoms with van der Waals surface area (Å²) in [5.41, 5.74) is 3.28. The van der Waals surface area contributed by atoms with E-state index in [-0.39, 0.29) is 5.95 Å². The van der Waals surface area contributed by atoms with Gasteiger partial charge in [0.15, 0.2) is 0 Å². The standard InChI is InChI=1S/C28H33N7O2/c1-7-27(36)30-22-16-23(26(37-6)17-25(22)34(4)15-14-33(2)3)32-28-29-13-12-21(31-28)20-18-35(5)24-11-9-8-10-19(20)24/h7-13,16-18H,1,14-15H2,2-6H3,(H,30,36)(H,29,31,32)/i1D2,5D3. The van der Waals surface area contributed by atoms with Crippen molar-refractivity contribution in [1.82, 2.24) is 19.4 Å². The number of ether oxygens (including phenoxy) is 1. The number of carbonyl (C=O) groups excluding carboxylic acids is 1. The minimum absolute atomic E-state index is 0.224. The fourth-order valence-corrected chi connectivity index (χ4v) is 3.96. The number of nitrogens with one attached hydrogen (secondary N) is 2. The lowest BCUT2D eigenvalue weighted by molar-refractivity contribution is -0.111. The molecule has 0 atom stereocenters. The third kappa shape index (κ3) is 5.73. The molecule has 0 radical (unpaired) electrons. The van der Waals surface area contributed by atoms with Crippen LogP contribution in [-0.4, -0.2) is 66.7 Å². The van der Waals surface area contributed by atoms with Crippen molar-refractivity contribution in [2.24, 2.45) is 6.98 Å². The van der Waals surface area contributed by atoms with Gasteiger partial charge in [-0.25, -0.2) is 9.97 Å². The molecule has 4 rings (SSSR count). The van der Waals surface area contributed by atoms with E-state index in [1.54, 1.807) is 42.7 Å².